The number of nitrogens with zero attached hydrogens (tertiary/aromatic N) is 1. The first-order chi connectivity index (χ1) is 9.15. The van der Waals surface area contributed by atoms with E-state index in [9.17, 15) is 9.59 Å². The van der Waals surface area contributed by atoms with Crippen molar-refractivity contribution in [1.82, 2.24) is 9.97 Å². The number of nitrogens with one attached hydrogen (secondary N) is 1. The lowest BCUT2D eigenvalue weighted by Crippen LogP contribution is -2.28. The number of aromatic amines is 1. The van der Waals surface area contributed by atoms with Gasteiger partial charge in [0, 0.05) is 30.1 Å². The molecular formula is C14H12N2O3. The molecule has 0 spiro atoms. The van der Waals surface area contributed by atoms with E-state index in [1.54, 1.807) is 31.5 Å². The molecule has 0 saturated heterocycles. The molecular weight excluding hydrogens is 244 g/mol. The Morgan fingerprint density at radius 3 is 3.00 bits per heavy atom. The highest BCUT2D eigenvalue weighted by Gasteiger charge is 2.31. The van der Waals surface area contributed by atoms with Gasteiger partial charge in [-0.3, -0.25) is 14.6 Å². The maximum Gasteiger partial charge on any atom is 0.312 e. The van der Waals surface area contributed by atoms with Gasteiger partial charge < -0.3 is 9.72 Å². The third-order valence-electron chi connectivity index (χ3n) is 3.20. The van der Waals surface area contributed by atoms with Crippen LogP contribution in [0.3, 0.4) is 0 Å². The van der Waals surface area contributed by atoms with E-state index in [0.29, 0.717) is 17.0 Å². The number of hydrogen-bond donors (Lipinski definition) is 1. The minimum Gasteiger partial charge on any atom is -0.426 e. The minimum atomic E-state index is -0.327. The number of pyridine rings is 2. The van der Waals surface area contributed by atoms with Gasteiger partial charge >= 0.3 is 5.97 Å². The van der Waals surface area contributed by atoms with Crippen molar-refractivity contribution in [2.24, 2.45) is 0 Å². The standard InChI is InChI=1S/C14H12N2O3/c1-8-5-11-13(14(18)16-8)10(6-12(17)19-11)9-3-2-4-15-7-9/h2-5,7,10H,6H2,1H3,(H,16,18). The Hall–Kier alpha value is -2.43. The van der Waals surface area contributed by atoms with Crippen LogP contribution in [0.5, 0.6) is 5.75 Å². The van der Waals surface area contributed by atoms with Crippen molar-refractivity contribution in [3.05, 3.63) is 57.8 Å². The van der Waals surface area contributed by atoms with Crippen LogP contribution < -0.4 is 10.3 Å². The third-order valence-corrected chi connectivity index (χ3v) is 3.20. The fourth-order valence-electron chi connectivity index (χ4n) is 2.38. The fourth-order valence-corrected chi connectivity index (χ4v) is 2.38. The average Bonchev–Trinajstić information content (AvgIpc) is 2.38. The van der Waals surface area contributed by atoms with Crippen molar-refractivity contribution in [3.8, 4) is 5.75 Å². The Morgan fingerprint density at radius 1 is 1.42 bits per heavy atom. The summed E-state index contributed by atoms with van der Waals surface area (Å²) in [5.41, 5.74) is 1.80. The van der Waals surface area contributed by atoms with Crippen molar-refractivity contribution in [2.45, 2.75) is 19.3 Å². The molecule has 5 nitrogen and oxygen atoms in total. The maximum absolute atomic E-state index is 12.1. The lowest BCUT2D eigenvalue weighted by Gasteiger charge is -2.23. The summed E-state index contributed by atoms with van der Waals surface area (Å²) >= 11 is 0. The van der Waals surface area contributed by atoms with Gasteiger partial charge in [-0.1, -0.05) is 6.07 Å². The van der Waals surface area contributed by atoms with Crippen LogP contribution >= 0.6 is 0 Å². The molecule has 0 bridgehead atoms. The normalized spacial score (nSPS) is 17.7. The molecule has 96 valence electrons. The Morgan fingerprint density at radius 2 is 2.26 bits per heavy atom. The monoisotopic (exact) mass is 256 g/mol. The summed E-state index contributed by atoms with van der Waals surface area (Å²) in [5.74, 6) is -0.271. The zero-order chi connectivity index (χ0) is 13.4. The average molecular weight is 256 g/mol. The number of esters is 1. The molecule has 1 unspecified atom stereocenters. The summed E-state index contributed by atoms with van der Waals surface area (Å²) in [6.07, 6.45) is 3.49. The second kappa shape index (κ2) is 4.35. The van der Waals surface area contributed by atoms with E-state index in [4.69, 9.17) is 4.74 Å². The summed E-state index contributed by atoms with van der Waals surface area (Å²) in [7, 11) is 0. The van der Waals surface area contributed by atoms with Crippen LogP contribution in [-0.4, -0.2) is 15.9 Å². The van der Waals surface area contributed by atoms with E-state index in [0.717, 1.165) is 5.56 Å². The van der Waals surface area contributed by atoms with E-state index in [1.807, 2.05) is 6.07 Å². The molecule has 0 radical (unpaired) electrons. The molecule has 1 aliphatic heterocycles. The van der Waals surface area contributed by atoms with Crippen LogP contribution in [0, 0.1) is 6.92 Å². The summed E-state index contributed by atoms with van der Waals surface area (Å²) in [5, 5.41) is 0. The Kier molecular flexibility index (Phi) is 2.67. The molecule has 0 aromatic carbocycles. The molecule has 0 aliphatic carbocycles. The van der Waals surface area contributed by atoms with Gasteiger partial charge in [0.15, 0.2) is 0 Å². The molecule has 5 heteroatoms. The van der Waals surface area contributed by atoms with Crippen LogP contribution in [0.15, 0.2) is 35.4 Å². The highest BCUT2D eigenvalue weighted by molar-refractivity contribution is 5.77. The van der Waals surface area contributed by atoms with Crippen LogP contribution in [0.4, 0.5) is 0 Å². The molecule has 3 rings (SSSR count). The van der Waals surface area contributed by atoms with Gasteiger partial charge in [0.05, 0.1) is 12.0 Å². The van der Waals surface area contributed by atoms with Gasteiger partial charge in [-0.2, -0.15) is 0 Å². The van der Waals surface area contributed by atoms with Crippen LogP contribution in [0.2, 0.25) is 0 Å². The number of rotatable bonds is 1. The van der Waals surface area contributed by atoms with Crippen molar-refractivity contribution in [3.63, 3.8) is 0 Å². The number of ether oxygens (including phenoxy) is 1. The molecule has 1 aliphatic rings. The third kappa shape index (κ3) is 2.03. The lowest BCUT2D eigenvalue weighted by molar-refractivity contribution is -0.135. The summed E-state index contributed by atoms with van der Waals surface area (Å²) in [6.45, 7) is 1.75. The minimum absolute atomic E-state index is 0.158. The van der Waals surface area contributed by atoms with Crippen molar-refractivity contribution >= 4 is 5.97 Å². The van der Waals surface area contributed by atoms with E-state index in [-0.39, 0.29) is 23.9 Å². The molecule has 0 amide bonds. The molecule has 2 aromatic rings. The van der Waals surface area contributed by atoms with Gasteiger partial charge in [-0.05, 0) is 18.6 Å². The van der Waals surface area contributed by atoms with Gasteiger partial charge in [-0.15, -0.1) is 0 Å². The van der Waals surface area contributed by atoms with Gasteiger partial charge in [0.25, 0.3) is 5.56 Å². The fraction of sp³-hybridized carbons (Fsp3) is 0.214. The summed E-state index contributed by atoms with van der Waals surface area (Å²) < 4.78 is 5.17. The largest absolute Gasteiger partial charge is 0.426 e. The van der Waals surface area contributed by atoms with Gasteiger partial charge in [0.2, 0.25) is 0 Å². The van der Waals surface area contributed by atoms with Crippen LogP contribution in [0.1, 0.15) is 29.2 Å². The van der Waals surface area contributed by atoms with E-state index >= 15 is 0 Å². The second-order valence-electron chi connectivity index (χ2n) is 4.58. The highest BCUT2D eigenvalue weighted by atomic mass is 16.5. The smallest absolute Gasteiger partial charge is 0.312 e. The lowest BCUT2D eigenvalue weighted by atomic mass is 9.88. The number of aromatic nitrogens is 2. The summed E-state index contributed by atoms with van der Waals surface area (Å²) in [4.78, 5) is 30.6. The number of carbonyl (C=O) groups excluding carboxylic acids is 1. The molecule has 2 aromatic heterocycles. The molecule has 3 heterocycles. The number of aryl methyl sites for hydroxylation is 1. The van der Waals surface area contributed by atoms with Crippen LogP contribution in [0.25, 0.3) is 0 Å². The van der Waals surface area contributed by atoms with Gasteiger partial charge in [0.1, 0.15) is 5.75 Å². The van der Waals surface area contributed by atoms with E-state index in [2.05, 4.69) is 9.97 Å². The first-order valence-electron chi connectivity index (χ1n) is 5.99. The summed E-state index contributed by atoms with van der Waals surface area (Å²) in [6, 6.07) is 5.33. The first kappa shape index (κ1) is 11.6. The number of fused-ring (bicyclic) bond motifs is 1. The van der Waals surface area contributed by atoms with Crippen molar-refractivity contribution in [1.29, 1.82) is 0 Å². The van der Waals surface area contributed by atoms with Crippen LogP contribution in [-0.2, 0) is 4.79 Å². The topological polar surface area (TPSA) is 72.0 Å². The van der Waals surface area contributed by atoms with Crippen molar-refractivity contribution < 1.29 is 9.53 Å². The Balaban J connectivity index is 2.20. The zero-order valence-electron chi connectivity index (χ0n) is 10.3. The Labute approximate surface area is 109 Å². The van der Waals surface area contributed by atoms with Crippen molar-refractivity contribution in [2.75, 3.05) is 0 Å². The van der Waals surface area contributed by atoms with E-state index in [1.165, 1.54) is 0 Å². The molecule has 1 atom stereocenters. The predicted octanol–water partition coefficient (Wildman–Crippen LogP) is 1.52. The van der Waals surface area contributed by atoms with Gasteiger partial charge in [-0.25, -0.2) is 0 Å². The first-order valence-corrected chi connectivity index (χ1v) is 5.99. The second-order valence-corrected chi connectivity index (χ2v) is 4.58. The maximum atomic E-state index is 12.1. The number of carbonyl (C=O) groups is 1. The molecule has 1 N–H and O–H groups in total. The quantitative estimate of drug-likeness (QED) is 0.785. The molecule has 19 heavy (non-hydrogen) atoms. The predicted molar refractivity (Wildman–Crippen MR) is 68.1 cm³/mol. The SMILES string of the molecule is Cc1cc2c(c(=O)[nH]1)C(c1cccnc1)CC(=O)O2. The zero-order valence-corrected chi connectivity index (χ0v) is 10.3. The molecule has 0 saturated carbocycles. The number of H-pyrrole nitrogens is 1. The highest BCUT2D eigenvalue weighted by Crippen LogP contribution is 2.35. The molecule has 0 fully saturated rings. The van der Waals surface area contributed by atoms with E-state index < -0.39 is 0 Å². The number of hydrogen-bond acceptors (Lipinski definition) is 4. The Bertz CT molecular complexity index is 692.